The second-order valence-electron chi connectivity index (χ2n) is 7.03. The molecule has 0 spiro atoms. The standard InChI is InChI=1S/C23H21N5O3/c1-16(17-7-11-20(12-8-17)28-15-24-14-25-28)27(2)23(30)18-5-9-19(10-6-18)26-22(29)21-4-3-13-31-21/h3-16H,1-2H3,(H,26,29). The molecule has 8 heteroatoms. The highest BCUT2D eigenvalue weighted by Crippen LogP contribution is 2.22. The van der Waals surface area contributed by atoms with Gasteiger partial charge in [0.05, 0.1) is 18.0 Å². The number of hydrogen-bond donors (Lipinski definition) is 1. The zero-order chi connectivity index (χ0) is 21.8. The molecular weight excluding hydrogens is 394 g/mol. The van der Waals surface area contributed by atoms with E-state index in [0.29, 0.717) is 11.3 Å². The summed E-state index contributed by atoms with van der Waals surface area (Å²) >= 11 is 0. The van der Waals surface area contributed by atoms with Gasteiger partial charge >= 0.3 is 0 Å². The number of amides is 2. The summed E-state index contributed by atoms with van der Waals surface area (Å²) in [7, 11) is 1.77. The van der Waals surface area contributed by atoms with Crippen molar-refractivity contribution in [2.75, 3.05) is 12.4 Å². The monoisotopic (exact) mass is 415 g/mol. The van der Waals surface area contributed by atoms with E-state index in [2.05, 4.69) is 15.4 Å². The Kier molecular flexibility index (Phi) is 5.61. The predicted octanol–water partition coefficient (Wildman–Crippen LogP) is 3.95. The van der Waals surface area contributed by atoms with Crippen LogP contribution < -0.4 is 5.32 Å². The first-order valence-electron chi connectivity index (χ1n) is 9.70. The molecule has 2 aromatic carbocycles. The SMILES string of the molecule is CC(c1ccc(-n2cncn2)cc1)N(C)C(=O)c1ccc(NC(=O)c2ccco2)cc1. The van der Waals surface area contributed by atoms with Gasteiger partial charge in [-0.05, 0) is 61.0 Å². The van der Waals surface area contributed by atoms with E-state index in [-0.39, 0.29) is 23.6 Å². The summed E-state index contributed by atoms with van der Waals surface area (Å²) in [6, 6.07) is 17.7. The fourth-order valence-corrected chi connectivity index (χ4v) is 3.15. The number of nitrogens with one attached hydrogen (secondary N) is 1. The van der Waals surface area contributed by atoms with Gasteiger partial charge in [-0.2, -0.15) is 5.10 Å². The van der Waals surface area contributed by atoms with Gasteiger partial charge in [-0.25, -0.2) is 9.67 Å². The number of carbonyl (C=O) groups is 2. The van der Waals surface area contributed by atoms with Gasteiger partial charge in [0.2, 0.25) is 0 Å². The molecule has 0 bridgehead atoms. The second kappa shape index (κ2) is 8.66. The number of carbonyl (C=O) groups excluding carboxylic acids is 2. The van der Waals surface area contributed by atoms with Crippen LogP contribution in [-0.2, 0) is 0 Å². The first kappa shape index (κ1) is 20.1. The quantitative estimate of drug-likeness (QED) is 0.515. The van der Waals surface area contributed by atoms with E-state index < -0.39 is 0 Å². The summed E-state index contributed by atoms with van der Waals surface area (Å²) in [5.41, 5.74) is 3.01. The van der Waals surface area contributed by atoms with Crippen molar-refractivity contribution in [3.05, 3.63) is 96.5 Å². The Bertz CT molecular complexity index is 1150. The molecule has 0 aliphatic heterocycles. The van der Waals surface area contributed by atoms with Crippen molar-refractivity contribution in [3.8, 4) is 5.69 Å². The summed E-state index contributed by atoms with van der Waals surface area (Å²) in [6.07, 6.45) is 4.56. The molecule has 1 atom stereocenters. The van der Waals surface area contributed by atoms with Gasteiger partial charge in [-0.1, -0.05) is 12.1 Å². The fourth-order valence-electron chi connectivity index (χ4n) is 3.15. The summed E-state index contributed by atoms with van der Waals surface area (Å²) < 4.78 is 6.75. The molecule has 2 amide bonds. The van der Waals surface area contributed by atoms with Gasteiger partial charge < -0.3 is 14.6 Å². The average molecular weight is 415 g/mol. The van der Waals surface area contributed by atoms with Crippen LogP contribution in [0, 0.1) is 0 Å². The number of benzene rings is 2. The third kappa shape index (κ3) is 4.37. The van der Waals surface area contributed by atoms with Crippen LogP contribution >= 0.6 is 0 Å². The van der Waals surface area contributed by atoms with E-state index >= 15 is 0 Å². The van der Waals surface area contributed by atoms with E-state index in [1.807, 2.05) is 31.2 Å². The first-order valence-corrected chi connectivity index (χ1v) is 9.70. The minimum Gasteiger partial charge on any atom is -0.459 e. The largest absolute Gasteiger partial charge is 0.459 e. The van der Waals surface area contributed by atoms with Crippen LogP contribution in [0.1, 0.15) is 39.4 Å². The van der Waals surface area contributed by atoms with Crippen molar-refractivity contribution >= 4 is 17.5 Å². The maximum Gasteiger partial charge on any atom is 0.291 e. The number of furan rings is 1. The lowest BCUT2D eigenvalue weighted by Crippen LogP contribution is -2.29. The molecule has 0 saturated carbocycles. The topological polar surface area (TPSA) is 93.3 Å². The van der Waals surface area contributed by atoms with Gasteiger partial charge in [-0.3, -0.25) is 9.59 Å². The highest BCUT2D eigenvalue weighted by atomic mass is 16.3. The molecule has 0 fully saturated rings. The van der Waals surface area contributed by atoms with Crippen molar-refractivity contribution in [1.82, 2.24) is 19.7 Å². The third-order valence-corrected chi connectivity index (χ3v) is 5.09. The molecule has 2 heterocycles. The molecule has 2 aromatic heterocycles. The van der Waals surface area contributed by atoms with Gasteiger partial charge in [0.25, 0.3) is 11.8 Å². The smallest absolute Gasteiger partial charge is 0.291 e. The van der Waals surface area contributed by atoms with Crippen LogP contribution in [0.4, 0.5) is 5.69 Å². The van der Waals surface area contributed by atoms with Crippen molar-refractivity contribution in [1.29, 1.82) is 0 Å². The Balaban J connectivity index is 1.41. The lowest BCUT2D eigenvalue weighted by Gasteiger charge is -2.25. The lowest BCUT2D eigenvalue weighted by atomic mass is 10.1. The van der Waals surface area contributed by atoms with Crippen LogP contribution in [0.25, 0.3) is 5.69 Å². The third-order valence-electron chi connectivity index (χ3n) is 5.09. The van der Waals surface area contributed by atoms with Crippen LogP contribution in [-0.4, -0.2) is 38.5 Å². The number of aromatic nitrogens is 3. The minimum absolute atomic E-state index is 0.114. The number of nitrogens with zero attached hydrogens (tertiary/aromatic N) is 4. The molecule has 4 aromatic rings. The highest BCUT2D eigenvalue weighted by Gasteiger charge is 2.19. The molecule has 4 rings (SSSR count). The highest BCUT2D eigenvalue weighted by molar-refractivity contribution is 6.02. The zero-order valence-corrected chi connectivity index (χ0v) is 17.1. The normalized spacial score (nSPS) is 11.7. The number of hydrogen-bond acceptors (Lipinski definition) is 5. The van der Waals surface area contributed by atoms with Gasteiger partial charge in [0.15, 0.2) is 5.76 Å². The summed E-state index contributed by atoms with van der Waals surface area (Å²) in [5.74, 6) is -0.232. The first-order chi connectivity index (χ1) is 15.0. The summed E-state index contributed by atoms with van der Waals surface area (Å²) in [6.45, 7) is 1.97. The predicted molar refractivity (Wildman–Crippen MR) is 115 cm³/mol. The maximum atomic E-state index is 12.9. The summed E-state index contributed by atoms with van der Waals surface area (Å²) in [4.78, 5) is 30.6. The van der Waals surface area contributed by atoms with Crippen molar-refractivity contribution < 1.29 is 14.0 Å². The summed E-state index contributed by atoms with van der Waals surface area (Å²) in [5, 5.41) is 6.85. The molecule has 1 unspecified atom stereocenters. The second-order valence-corrected chi connectivity index (χ2v) is 7.03. The molecule has 8 nitrogen and oxygen atoms in total. The van der Waals surface area contributed by atoms with Crippen molar-refractivity contribution in [3.63, 3.8) is 0 Å². The Morgan fingerprint density at radius 1 is 1.06 bits per heavy atom. The zero-order valence-electron chi connectivity index (χ0n) is 17.1. The number of anilines is 1. The average Bonchev–Trinajstić information content (AvgIpc) is 3.53. The minimum atomic E-state index is -0.343. The van der Waals surface area contributed by atoms with E-state index in [0.717, 1.165) is 11.3 Å². The lowest BCUT2D eigenvalue weighted by molar-refractivity contribution is 0.0742. The van der Waals surface area contributed by atoms with Gasteiger partial charge in [0.1, 0.15) is 12.7 Å². The Hall–Kier alpha value is -4.20. The molecule has 1 N–H and O–H groups in total. The van der Waals surface area contributed by atoms with E-state index in [1.165, 1.54) is 12.6 Å². The molecule has 0 radical (unpaired) electrons. The molecule has 0 saturated heterocycles. The fraction of sp³-hybridized carbons (Fsp3) is 0.130. The van der Waals surface area contributed by atoms with E-state index in [9.17, 15) is 9.59 Å². The van der Waals surface area contributed by atoms with Gasteiger partial charge in [0, 0.05) is 18.3 Å². The molecule has 31 heavy (non-hydrogen) atoms. The molecule has 0 aliphatic rings. The van der Waals surface area contributed by atoms with Crippen molar-refractivity contribution in [2.24, 2.45) is 0 Å². The van der Waals surface area contributed by atoms with Crippen molar-refractivity contribution in [2.45, 2.75) is 13.0 Å². The Labute approximate surface area is 179 Å². The van der Waals surface area contributed by atoms with Gasteiger partial charge in [-0.15, -0.1) is 0 Å². The molecule has 0 aliphatic carbocycles. The Morgan fingerprint density at radius 2 is 1.81 bits per heavy atom. The van der Waals surface area contributed by atoms with E-state index in [1.54, 1.807) is 59.4 Å². The van der Waals surface area contributed by atoms with Crippen LogP contribution in [0.3, 0.4) is 0 Å². The van der Waals surface area contributed by atoms with Crippen LogP contribution in [0.15, 0.2) is 84.0 Å². The number of rotatable bonds is 6. The van der Waals surface area contributed by atoms with E-state index in [4.69, 9.17) is 4.42 Å². The van der Waals surface area contributed by atoms with Crippen LogP contribution in [0.2, 0.25) is 0 Å². The Morgan fingerprint density at radius 3 is 2.42 bits per heavy atom. The van der Waals surface area contributed by atoms with Crippen LogP contribution in [0.5, 0.6) is 0 Å². The molecular formula is C23H21N5O3. The maximum absolute atomic E-state index is 12.9. The molecule has 156 valence electrons.